The fraction of sp³-hybridized carbons (Fsp3) is 0.357. The lowest BCUT2D eigenvalue weighted by Gasteiger charge is -2.53. The molecule has 2 aliphatic rings. The zero-order valence-corrected chi connectivity index (χ0v) is 24.5. The second-order valence-electron chi connectivity index (χ2n) is 10.0. The SMILES string of the molecule is COc1c(C)c(Br)c2c(c1O)[C@@H]1C(N=[N+]=[N-])[C@@H](OCc3ccccc3)[C@H](O)[C@H](C2)N1S(=O)(=O)c1ccc(C)cc1. The van der Waals surface area contributed by atoms with Crippen LogP contribution in [0.2, 0.25) is 0 Å². The van der Waals surface area contributed by atoms with Crippen molar-refractivity contribution in [2.45, 2.75) is 62.1 Å². The number of phenols is 1. The number of azide groups is 1. The Bertz CT molecular complexity index is 1580. The van der Waals surface area contributed by atoms with E-state index in [2.05, 4.69) is 26.0 Å². The predicted molar refractivity (Wildman–Crippen MR) is 151 cm³/mol. The summed E-state index contributed by atoms with van der Waals surface area (Å²) in [5.74, 6) is -0.0774. The van der Waals surface area contributed by atoms with Gasteiger partial charge in [0.15, 0.2) is 11.5 Å². The number of hydrogen-bond acceptors (Lipinski definition) is 7. The summed E-state index contributed by atoms with van der Waals surface area (Å²) in [6, 6.07) is 12.3. The minimum Gasteiger partial charge on any atom is -0.504 e. The lowest BCUT2D eigenvalue weighted by molar-refractivity contribution is -0.125. The third kappa shape index (κ3) is 4.64. The molecular formula is C28H29BrN4O6S. The molecular weight excluding hydrogens is 600 g/mol. The highest BCUT2D eigenvalue weighted by molar-refractivity contribution is 9.10. The first-order valence-electron chi connectivity index (χ1n) is 12.7. The van der Waals surface area contributed by atoms with Crippen LogP contribution in [-0.2, 0) is 27.8 Å². The maximum Gasteiger partial charge on any atom is 0.243 e. The summed E-state index contributed by atoms with van der Waals surface area (Å²) < 4.78 is 41.9. The Morgan fingerprint density at radius 3 is 2.45 bits per heavy atom. The molecule has 2 bridgehead atoms. The molecule has 1 saturated heterocycles. The van der Waals surface area contributed by atoms with Crippen LogP contribution in [0.4, 0.5) is 0 Å². The average molecular weight is 630 g/mol. The molecule has 40 heavy (non-hydrogen) atoms. The van der Waals surface area contributed by atoms with Crippen molar-refractivity contribution in [3.05, 3.63) is 97.3 Å². The van der Waals surface area contributed by atoms with E-state index in [1.807, 2.05) is 37.3 Å². The number of aliphatic hydroxyl groups excluding tert-OH is 1. The maximum absolute atomic E-state index is 14.2. The minimum absolute atomic E-state index is 0.0183. The van der Waals surface area contributed by atoms with Crippen molar-refractivity contribution in [1.29, 1.82) is 0 Å². The Morgan fingerprint density at radius 2 is 1.82 bits per heavy atom. The number of nitrogens with zero attached hydrogens (tertiary/aromatic N) is 4. The number of aliphatic hydroxyl groups is 1. The van der Waals surface area contributed by atoms with E-state index in [0.717, 1.165) is 11.1 Å². The fourth-order valence-corrected chi connectivity index (χ4v) is 8.16. The number of benzene rings is 3. The van der Waals surface area contributed by atoms with Gasteiger partial charge in [-0.05, 0) is 49.1 Å². The molecule has 1 fully saturated rings. The monoisotopic (exact) mass is 628 g/mol. The van der Waals surface area contributed by atoms with Gasteiger partial charge in [0.05, 0.1) is 48.9 Å². The summed E-state index contributed by atoms with van der Waals surface area (Å²) in [4.78, 5) is 3.04. The zero-order chi connectivity index (χ0) is 28.8. The van der Waals surface area contributed by atoms with Crippen molar-refractivity contribution in [2.75, 3.05) is 7.11 Å². The standard InChI is InChI=1S/C28H29BrN4O6S/c1-15-9-11-18(12-10-15)40(36,37)33-20-13-19-21(26(35)27(38-3)16(2)22(19)29)24(33)23(31-32-30)28(25(20)34)39-14-17-7-5-4-6-8-17/h4-12,20,23-25,28,34-35H,13-14H2,1-3H3/t20-,23?,24+,25+,28+/m0/s1. The molecule has 0 saturated carbocycles. The van der Waals surface area contributed by atoms with Crippen LogP contribution in [0.3, 0.4) is 0 Å². The number of methoxy groups -OCH3 is 1. The molecule has 210 valence electrons. The number of ether oxygens (including phenoxy) is 2. The topological polar surface area (TPSA) is 145 Å². The number of halogens is 1. The second kappa shape index (κ2) is 11.0. The van der Waals surface area contributed by atoms with Crippen LogP contribution in [0.25, 0.3) is 10.4 Å². The van der Waals surface area contributed by atoms with Gasteiger partial charge in [0, 0.05) is 20.5 Å². The molecule has 0 spiro atoms. The number of aromatic hydroxyl groups is 1. The Morgan fingerprint density at radius 1 is 1.15 bits per heavy atom. The number of hydrogen-bond donors (Lipinski definition) is 2. The number of rotatable bonds is 7. The van der Waals surface area contributed by atoms with E-state index < -0.39 is 40.4 Å². The van der Waals surface area contributed by atoms with Crippen LogP contribution in [-0.4, -0.2) is 54.3 Å². The molecule has 2 aliphatic heterocycles. The fourth-order valence-electron chi connectivity index (χ4n) is 5.79. The van der Waals surface area contributed by atoms with E-state index in [0.29, 0.717) is 15.6 Å². The third-order valence-electron chi connectivity index (χ3n) is 7.70. The normalized spacial score (nSPS) is 24.2. The molecule has 3 aromatic rings. The van der Waals surface area contributed by atoms with E-state index >= 15 is 0 Å². The third-order valence-corrected chi connectivity index (χ3v) is 10.7. The van der Waals surface area contributed by atoms with Gasteiger partial charge in [0.1, 0.15) is 0 Å². The Balaban J connectivity index is 1.73. The van der Waals surface area contributed by atoms with Crippen LogP contribution in [0.1, 0.15) is 33.9 Å². The molecule has 1 unspecified atom stereocenters. The molecule has 0 amide bonds. The lowest BCUT2D eigenvalue weighted by Crippen LogP contribution is -2.66. The molecule has 12 heteroatoms. The van der Waals surface area contributed by atoms with Crippen molar-refractivity contribution in [3.63, 3.8) is 0 Å². The van der Waals surface area contributed by atoms with Gasteiger partial charge in [-0.2, -0.15) is 4.31 Å². The molecule has 5 atom stereocenters. The Hall–Kier alpha value is -3.12. The van der Waals surface area contributed by atoms with Gasteiger partial charge in [-0.1, -0.05) is 69.1 Å². The van der Waals surface area contributed by atoms with Gasteiger partial charge in [-0.15, -0.1) is 0 Å². The van der Waals surface area contributed by atoms with Gasteiger partial charge >= 0.3 is 0 Å². The average Bonchev–Trinajstić information content (AvgIpc) is 2.94. The molecule has 10 nitrogen and oxygen atoms in total. The first kappa shape index (κ1) is 28.4. The number of fused-ring (bicyclic) bond motifs is 4. The van der Waals surface area contributed by atoms with Crippen LogP contribution < -0.4 is 4.74 Å². The zero-order valence-electron chi connectivity index (χ0n) is 22.1. The summed E-state index contributed by atoms with van der Waals surface area (Å²) in [7, 11) is -2.84. The largest absolute Gasteiger partial charge is 0.504 e. The van der Waals surface area contributed by atoms with E-state index in [4.69, 9.17) is 9.47 Å². The number of piperidine rings is 1. The predicted octanol–water partition coefficient (Wildman–Crippen LogP) is 5.08. The highest BCUT2D eigenvalue weighted by Gasteiger charge is 2.58. The molecule has 0 radical (unpaired) electrons. The Kier molecular flexibility index (Phi) is 7.84. The van der Waals surface area contributed by atoms with Crippen LogP contribution >= 0.6 is 15.9 Å². The summed E-state index contributed by atoms with van der Waals surface area (Å²) in [6.07, 6.45) is -2.33. The van der Waals surface area contributed by atoms with E-state index in [9.17, 15) is 24.2 Å². The highest BCUT2D eigenvalue weighted by Crippen LogP contribution is 2.55. The quantitative estimate of drug-likeness (QED) is 0.212. The number of aryl methyl sites for hydroxylation is 1. The minimum atomic E-state index is -4.25. The van der Waals surface area contributed by atoms with E-state index in [-0.39, 0.29) is 35.0 Å². The van der Waals surface area contributed by atoms with Gasteiger partial charge in [-0.3, -0.25) is 0 Å². The van der Waals surface area contributed by atoms with Gasteiger partial charge in [0.2, 0.25) is 10.0 Å². The van der Waals surface area contributed by atoms with Crippen molar-refractivity contribution < 1.29 is 28.1 Å². The summed E-state index contributed by atoms with van der Waals surface area (Å²) in [5.41, 5.74) is 12.8. The Labute approximate surface area is 241 Å². The van der Waals surface area contributed by atoms with Crippen molar-refractivity contribution in [3.8, 4) is 11.5 Å². The van der Waals surface area contributed by atoms with Crippen LogP contribution in [0.15, 0.2) is 69.1 Å². The van der Waals surface area contributed by atoms with Crippen LogP contribution in [0.5, 0.6) is 11.5 Å². The molecule has 0 aromatic heterocycles. The van der Waals surface area contributed by atoms with E-state index in [1.54, 1.807) is 19.1 Å². The summed E-state index contributed by atoms with van der Waals surface area (Å²) in [6.45, 7) is 3.72. The lowest BCUT2D eigenvalue weighted by atomic mass is 9.75. The van der Waals surface area contributed by atoms with Crippen molar-refractivity contribution >= 4 is 26.0 Å². The molecule has 5 rings (SSSR count). The highest BCUT2D eigenvalue weighted by atomic mass is 79.9. The first-order chi connectivity index (χ1) is 19.1. The first-order valence-corrected chi connectivity index (χ1v) is 14.9. The number of phenolic OH excluding ortho intramolecular Hbond substituents is 1. The smallest absolute Gasteiger partial charge is 0.243 e. The van der Waals surface area contributed by atoms with Crippen molar-refractivity contribution in [2.24, 2.45) is 5.11 Å². The summed E-state index contributed by atoms with van der Waals surface area (Å²) in [5, 5.41) is 27.2. The van der Waals surface area contributed by atoms with Gasteiger partial charge in [0.25, 0.3) is 0 Å². The second-order valence-corrected chi connectivity index (χ2v) is 12.7. The molecule has 0 aliphatic carbocycles. The molecule has 3 aromatic carbocycles. The number of sulfonamides is 1. The summed E-state index contributed by atoms with van der Waals surface area (Å²) >= 11 is 3.60. The molecule has 2 heterocycles. The van der Waals surface area contributed by atoms with Crippen LogP contribution in [0, 0.1) is 13.8 Å². The maximum atomic E-state index is 14.2. The van der Waals surface area contributed by atoms with E-state index in [1.165, 1.54) is 23.5 Å². The molecule has 2 N–H and O–H groups in total. The van der Waals surface area contributed by atoms with Gasteiger partial charge < -0.3 is 19.7 Å². The van der Waals surface area contributed by atoms with Gasteiger partial charge in [-0.25, -0.2) is 8.42 Å². The van der Waals surface area contributed by atoms with Crippen molar-refractivity contribution in [1.82, 2.24) is 4.31 Å².